The maximum atomic E-state index is 12.8. The lowest BCUT2D eigenvalue weighted by atomic mass is 10.1. The number of hydrogen-bond acceptors (Lipinski definition) is 8. The topological polar surface area (TPSA) is 137 Å². The number of nitrogens with one attached hydrogen (secondary N) is 2. The van der Waals surface area contributed by atoms with Crippen molar-refractivity contribution < 1.29 is 18.0 Å². The summed E-state index contributed by atoms with van der Waals surface area (Å²) in [7, 11) is -3.71. The molecule has 3 heterocycles. The number of sulfonamides is 1. The number of anilines is 1. The third-order valence-corrected chi connectivity index (χ3v) is 7.33. The Hall–Kier alpha value is -2.96. The average molecular weight is 491 g/mol. The van der Waals surface area contributed by atoms with E-state index in [1.54, 1.807) is 17.0 Å². The van der Waals surface area contributed by atoms with Gasteiger partial charge in [0.25, 0.3) is 5.91 Å². The molecule has 12 heteroatoms. The van der Waals surface area contributed by atoms with Gasteiger partial charge >= 0.3 is 0 Å². The molecule has 0 bridgehead atoms. The molecule has 1 aromatic heterocycles. The first-order valence-corrected chi connectivity index (χ1v) is 13.1. The number of carbonyl (C=O) groups excluding carboxylic acids is 2. The number of amides is 2. The first-order valence-electron chi connectivity index (χ1n) is 10.7. The Morgan fingerprint density at radius 1 is 1.24 bits per heavy atom. The molecule has 176 valence electrons. The molecule has 1 aromatic carbocycles. The predicted octanol–water partition coefficient (Wildman–Crippen LogP) is 1.41. The minimum atomic E-state index is -3.71. The van der Waals surface area contributed by atoms with Crippen LogP contribution in [0.4, 0.5) is 5.69 Å². The molecule has 0 saturated heterocycles. The van der Waals surface area contributed by atoms with Gasteiger partial charge in [0, 0.05) is 25.9 Å². The van der Waals surface area contributed by atoms with Gasteiger partial charge in [0.15, 0.2) is 0 Å². The second kappa shape index (κ2) is 9.49. The van der Waals surface area contributed by atoms with Crippen LogP contribution >= 0.6 is 11.3 Å². The van der Waals surface area contributed by atoms with Crippen LogP contribution in [0, 0.1) is 0 Å². The minimum absolute atomic E-state index is 0.00175. The van der Waals surface area contributed by atoms with Crippen LogP contribution in [0.25, 0.3) is 0 Å². The van der Waals surface area contributed by atoms with Crippen LogP contribution in [0.3, 0.4) is 0 Å². The SMILES string of the molecule is CCCN1C(=O)c2sccc2N2C(CCC(=O)NCCc3ccc(S(N)(=O)=O)cc3)=NNC12. The Morgan fingerprint density at radius 2 is 2.00 bits per heavy atom. The minimum Gasteiger partial charge on any atom is -0.356 e. The Labute approximate surface area is 196 Å². The average Bonchev–Trinajstić information content (AvgIpc) is 3.42. The van der Waals surface area contributed by atoms with Crippen LogP contribution in [0.2, 0.25) is 0 Å². The molecular formula is C21H26N6O4S2. The van der Waals surface area contributed by atoms with Crippen LogP contribution in [-0.2, 0) is 21.2 Å². The van der Waals surface area contributed by atoms with Crippen LogP contribution in [0.5, 0.6) is 0 Å². The molecule has 0 saturated carbocycles. The van der Waals surface area contributed by atoms with Crippen molar-refractivity contribution >= 4 is 44.7 Å². The standard InChI is InChI=1S/C21H26N6O4S2/c1-2-12-26-20(29)19-16(10-13-32-19)27-17(24-25-21(26)27)7-8-18(28)23-11-9-14-3-5-15(6-4-14)33(22,30)31/h3-6,10,13,21,25H,2,7-9,11-12H2,1H3,(H,23,28)(H2,22,30,31). The van der Waals surface area contributed by atoms with E-state index in [9.17, 15) is 18.0 Å². The number of hydrogen-bond donors (Lipinski definition) is 3. The van der Waals surface area contributed by atoms with Crippen molar-refractivity contribution in [2.75, 3.05) is 18.0 Å². The highest BCUT2D eigenvalue weighted by Gasteiger charge is 2.43. The normalized spacial score (nSPS) is 17.3. The lowest BCUT2D eigenvalue weighted by Crippen LogP contribution is -2.58. The maximum Gasteiger partial charge on any atom is 0.269 e. The molecule has 33 heavy (non-hydrogen) atoms. The van der Waals surface area contributed by atoms with Crippen molar-refractivity contribution in [1.82, 2.24) is 15.6 Å². The second-order valence-corrected chi connectivity index (χ2v) is 10.3. The highest BCUT2D eigenvalue weighted by Crippen LogP contribution is 2.36. The van der Waals surface area contributed by atoms with Gasteiger partial charge < -0.3 is 5.32 Å². The van der Waals surface area contributed by atoms with E-state index < -0.39 is 10.0 Å². The van der Waals surface area contributed by atoms with E-state index >= 15 is 0 Å². The predicted molar refractivity (Wildman–Crippen MR) is 126 cm³/mol. The van der Waals surface area contributed by atoms with Crippen molar-refractivity contribution in [1.29, 1.82) is 0 Å². The number of nitrogens with zero attached hydrogens (tertiary/aromatic N) is 3. The van der Waals surface area contributed by atoms with Gasteiger partial charge in [-0.15, -0.1) is 11.3 Å². The van der Waals surface area contributed by atoms with Gasteiger partial charge in [0.05, 0.1) is 10.6 Å². The summed E-state index contributed by atoms with van der Waals surface area (Å²) >= 11 is 1.41. The molecule has 2 amide bonds. The third-order valence-electron chi connectivity index (χ3n) is 5.51. The lowest BCUT2D eigenvalue weighted by molar-refractivity contribution is -0.120. The number of fused-ring (bicyclic) bond motifs is 3. The van der Waals surface area contributed by atoms with Crippen LogP contribution < -0.4 is 20.8 Å². The summed E-state index contributed by atoms with van der Waals surface area (Å²) in [5, 5.41) is 14.3. The van der Waals surface area contributed by atoms with Gasteiger partial charge in [-0.1, -0.05) is 19.1 Å². The summed E-state index contributed by atoms with van der Waals surface area (Å²) in [5.74, 6) is 0.621. The molecule has 1 atom stereocenters. The molecule has 2 aromatic rings. The Kier molecular flexibility index (Phi) is 6.68. The Balaban J connectivity index is 1.30. The zero-order valence-electron chi connectivity index (χ0n) is 18.2. The summed E-state index contributed by atoms with van der Waals surface area (Å²) in [6.07, 6.45) is 1.73. The van der Waals surface area contributed by atoms with Crippen molar-refractivity contribution in [2.24, 2.45) is 10.2 Å². The number of nitrogens with two attached hydrogens (primary N) is 1. The fourth-order valence-electron chi connectivity index (χ4n) is 3.91. The van der Waals surface area contributed by atoms with Gasteiger partial charge in [-0.3, -0.25) is 24.8 Å². The number of primary sulfonamides is 1. The summed E-state index contributed by atoms with van der Waals surface area (Å²) in [6.45, 7) is 3.07. The maximum absolute atomic E-state index is 12.8. The largest absolute Gasteiger partial charge is 0.356 e. The van der Waals surface area contributed by atoms with E-state index in [1.165, 1.54) is 23.5 Å². The number of thiophene rings is 1. The monoisotopic (exact) mass is 490 g/mol. The van der Waals surface area contributed by atoms with Gasteiger partial charge in [0.2, 0.25) is 22.2 Å². The number of benzene rings is 1. The fourth-order valence-corrected chi connectivity index (χ4v) is 5.26. The van der Waals surface area contributed by atoms with E-state index in [0.29, 0.717) is 30.8 Å². The molecule has 0 fully saturated rings. The summed E-state index contributed by atoms with van der Waals surface area (Å²) in [4.78, 5) is 29.7. The van der Waals surface area contributed by atoms with E-state index in [-0.39, 0.29) is 29.4 Å². The Bertz CT molecular complexity index is 1180. The van der Waals surface area contributed by atoms with Crippen molar-refractivity contribution in [3.8, 4) is 0 Å². The Morgan fingerprint density at radius 3 is 2.70 bits per heavy atom. The zero-order chi connectivity index (χ0) is 23.6. The molecule has 4 rings (SSSR count). The van der Waals surface area contributed by atoms with Crippen molar-refractivity contribution in [3.05, 3.63) is 46.2 Å². The highest BCUT2D eigenvalue weighted by molar-refractivity contribution is 7.89. The van der Waals surface area contributed by atoms with Crippen LogP contribution in [0.1, 0.15) is 41.4 Å². The van der Waals surface area contributed by atoms with Crippen LogP contribution in [-0.4, -0.2) is 50.3 Å². The quantitative estimate of drug-likeness (QED) is 0.486. The molecule has 0 spiro atoms. The molecule has 2 aliphatic heterocycles. The molecule has 1 unspecified atom stereocenters. The first-order chi connectivity index (χ1) is 15.8. The molecular weight excluding hydrogens is 464 g/mol. The van der Waals surface area contributed by atoms with E-state index in [0.717, 1.165) is 23.5 Å². The first kappa shape index (κ1) is 23.2. The van der Waals surface area contributed by atoms with Gasteiger partial charge in [-0.05, 0) is 42.0 Å². The van der Waals surface area contributed by atoms with Crippen molar-refractivity contribution in [3.63, 3.8) is 0 Å². The summed E-state index contributed by atoms with van der Waals surface area (Å²) in [5.41, 5.74) is 4.77. The smallest absolute Gasteiger partial charge is 0.269 e. The zero-order valence-corrected chi connectivity index (χ0v) is 19.8. The second-order valence-electron chi connectivity index (χ2n) is 7.82. The molecule has 4 N–H and O–H groups in total. The van der Waals surface area contributed by atoms with Gasteiger partial charge in [0.1, 0.15) is 10.7 Å². The fraction of sp³-hybridized carbons (Fsp3) is 0.381. The number of rotatable bonds is 9. The van der Waals surface area contributed by atoms with Gasteiger partial charge in [-0.2, -0.15) is 5.10 Å². The van der Waals surface area contributed by atoms with Crippen LogP contribution in [0.15, 0.2) is 45.7 Å². The summed E-state index contributed by atoms with van der Waals surface area (Å²) in [6, 6.07) is 8.19. The highest BCUT2D eigenvalue weighted by atomic mass is 32.2. The summed E-state index contributed by atoms with van der Waals surface area (Å²) < 4.78 is 22.6. The van der Waals surface area contributed by atoms with E-state index in [2.05, 4.69) is 15.8 Å². The van der Waals surface area contributed by atoms with Crippen molar-refractivity contribution in [2.45, 2.75) is 43.8 Å². The lowest BCUT2D eigenvalue weighted by Gasteiger charge is -2.39. The molecule has 0 aliphatic carbocycles. The molecule has 10 nitrogen and oxygen atoms in total. The van der Waals surface area contributed by atoms with E-state index in [4.69, 9.17) is 5.14 Å². The third kappa shape index (κ3) is 4.87. The number of hydrazone groups is 1. The van der Waals surface area contributed by atoms with Gasteiger partial charge in [-0.25, -0.2) is 13.6 Å². The number of carbonyl (C=O) groups is 2. The number of amidine groups is 1. The van der Waals surface area contributed by atoms with E-state index in [1.807, 2.05) is 23.3 Å². The molecule has 2 aliphatic rings. The molecule has 0 radical (unpaired) electrons.